The van der Waals surface area contributed by atoms with Gasteiger partial charge in [-0.15, -0.1) is 0 Å². The monoisotopic (exact) mass is 181 g/mol. The van der Waals surface area contributed by atoms with Crippen molar-refractivity contribution in [1.29, 1.82) is 0 Å². The maximum Gasteiger partial charge on any atom is 0.226 e. The number of nitrogens with zero attached hydrogens (tertiary/aromatic N) is 2. The molecule has 1 N–H and O–H groups in total. The summed E-state index contributed by atoms with van der Waals surface area (Å²) in [7, 11) is 1.59. The summed E-state index contributed by atoms with van der Waals surface area (Å²) in [6.07, 6.45) is 2.72. The Hall–Kier alpha value is -1.32. The van der Waals surface area contributed by atoms with E-state index >= 15 is 0 Å². The normalized spacial score (nSPS) is 12.2. The number of hydrogen-bond acceptors (Lipinski definition) is 4. The standard InChI is InChI=1S/C9H15N3O/c1-4-7(2)11-9-10-6-5-8(12-9)13-3/h5-7H,4H2,1-3H3,(H,10,11,12). The van der Waals surface area contributed by atoms with Crippen LogP contribution in [0.2, 0.25) is 0 Å². The second kappa shape index (κ2) is 4.64. The van der Waals surface area contributed by atoms with Gasteiger partial charge in [-0.1, -0.05) is 6.92 Å². The Morgan fingerprint density at radius 2 is 2.38 bits per heavy atom. The summed E-state index contributed by atoms with van der Waals surface area (Å²) in [5.74, 6) is 1.20. The minimum absolute atomic E-state index is 0.382. The highest BCUT2D eigenvalue weighted by Crippen LogP contribution is 2.08. The molecule has 1 aromatic heterocycles. The van der Waals surface area contributed by atoms with Gasteiger partial charge in [0, 0.05) is 18.3 Å². The lowest BCUT2D eigenvalue weighted by Crippen LogP contribution is -2.15. The molecule has 0 aliphatic carbocycles. The number of methoxy groups -OCH3 is 1. The molecule has 0 aliphatic rings. The summed E-state index contributed by atoms with van der Waals surface area (Å²) < 4.78 is 4.98. The molecule has 0 bridgehead atoms. The zero-order chi connectivity index (χ0) is 9.68. The molecule has 0 aromatic carbocycles. The third kappa shape index (κ3) is 2.89. The van der Waals surface area contributed by atoms with Gasteiger partial charge in [0.25, 0.3) is 0 Å². The highest BCUT2D eigenvalue weighted by molar-refractivity contribution is 5.28. The van der Waals surface area contributed by atoms with E-state index in [0.717, 1.165) is 6.42 Å². The molecule has 0 amide bonds. The van der Waals surface area contributed by atoms with Crippen molar-refractivity contribution in [1.82, 2.24) is 9.97 Å². The fourth-order valence-electron chi connectivity index (χ4n) is 0.848. The van der Waals surface area contributed by atoms with Gasteiger partial charge in [-0.2, -0.15) is 4.98 Å². The minimum Gasteiger partial charge on any atom is -0.481 e. The van der Waals surface area contributed by atoms with Crippen molar-refractivity contribution in [3.63, 3.8) is 0 Å². The predicted octanol–water partition coefficient (Wildman–Crippen LogP) is 1.70. The van der Waals surface area contributed by atoms with Crippen LogP contribution < -0.4 is 10.1 Å². The van der Waals surface area contributed by atoms with Gasteiger partial charge in [0.1, 0.15) is 0 Å². The van der Waals surface area contributed by atoms with E-state index in [1.165, 1.54) is 0 Å². The third-order valence-corrected chi connectivity index (χ3v) is 1.83. The van der Waals surface area contributed by atoms with Crippen LogP contribution in [-0.2, 0) is 0 Å². The Morgan fingerprint density at radius 1 is 1.62 bits per heavy atom. The second-order valence-corrected chi connectivity index (χ2v) is 2.88. The number of rotatable bonds is 4. The van der Waals surface area contributed by atoms with Gasteiger partial charge in [-0.3, -0.25) is 0 Å². The van der Waals surface area contributed by atoms with Gasteiger partial charge in [0.2, 0.25) is 11.8 Å². The van der Waals surface area contributed by atoms with Crippen LogP contribution in [0.3, 0.4) is 0 Å². The highest BCUT2D eigenvalue weighted by Gasteiger charge is 2.01. The molecular weight excluding hydrogens is 166 g/mol. The molecular formula is C9H15N3O. The molecule has 4 heteroatoms. The van der Waals surface area contributed by atoms with Crippen LogP contribution in [0.25, 0.3) is 0 Å². The first-order valence-electron chi connectivity index (χ1n) is 4.39. The average Bonchev–Trinajstić information content (AvgIpc) is 2.18. The van der Waals surface area contributed by atoms with Crippen LogP contribution in [0.1, 0.15) is 20.3 Å². The number of ether oxygens (including phenoxy) is 1. The lowest BCUT2D eigenvalue weighted by molar-refractivity contribution is 0.397. The average molecular weight is 181 g/mol. The summed E-state index contributed by atoms with van der Waals surface area (Å²) in [6, 6.07) is 2.11. The van der Waals surface area contributed by atoms with Gasteiger partial charge in [-0.25, -0.2) is 4.98 Å². The van der Waals surface area contributed by atoms with E-state index in [1.54, 1.807) is 19.4 Å². The van der Waals surface area contributed by atoms with Crippen LogP contribution >= 0.6 is 0 Å². The Balaban J connectivity index is 2.66. The maximum absolute atomic E-state index is 4.98. The Kier molecular flexibility index (Phi) is 3.49. The molecule has 4 nitrogen and oxygen atoms in total. The molecule has 0 spiro atoms. The minimum atomic E-state index is 0.382. The summed E-state index contributed by atoms with van der Waals surface area (Å²) >= 11 is 0. The van der Waals surface area contributed by atoms with E-state index in [0.29, 0.717) is 17.9 Å². The number of aromatic nitrogens is 2. The number of hydrogen-bond donors (Lipinski definition) is 1. The Labute approximate surface area is 78.4 Å². The van der Waals surface area contributed by atoms with Gasteiger partial charge in [0.15, 0.2) is 0 Å². The lowest BCUT2D eigenvalue weighted by Gasteiger charge is -2.10. The molecule has 0 aliphatic heterocycles. The fourth-order valence-corrected chi connectivity index (χ4v) is 0.848. The summed E-state index contributed by atoms with van der Waals surface area (Å²) in [6.45, 7) is 4.20. The summed E-state index contributed by atoms with van der Waals surface area (Å²) in [5.41, 5.74) is 0. The fraction of sp³-hybridized carbons (Fsp3) is 0.556. The van der Waals surface area contributed by atoms with Crippen molar-refractivity contribution in [2.24, 2.45) is 0 Å². The number of anilines is 1. The third-order valence-electron chi connectivity index (χ3n) is 1.83. The largest absolute Gasteiger partial charge is 0.481 e. The van der Waals surface area contributed by atoms with Crippen LogP contribution in [0.15, 0.2) is 12.3 Å². The van der Waals surface area contributed by atoms with Crippen molar-refractivity contribution in [2.75, 3.05) is 12.4 Å². The number of nitrogens with one attached hydrogen (secondary N) is 1. The maximum atomic E-state index is 4.98. The Bertz CT molecular complexity index is 265. The first-order valence-corrected chi connectivity index (χ1v) is 4.39. The topological polar surface area (TPSA) is 47.0 Å². The van der Waals surface area contributed by atoms with E-state index in [2.05, 4.69) is 29.1 Å². The van der Waals surface area contributed by atoms with Crippen LogP contribution in [0.4, 0.5) is 5.95 Å². The smallest absolute Gasteiger partial charge is 0.226 e. The highest BCUT2D eigenvalue weighted by atomic mass is 16.5. The van der Waals surface area contributed by atoms with E-state index in [-0.39, 0.29) is 0 Å². The van der Waals surface area contributed by atoms with E-state index in [9.17, 15) is 0 Å². The van der Waals surface area contributed by atoms with Crippen LogP contribution in [0, 0.1) is 0 Å². The van der Waals surface area contributed by atoms with E-state index < -0.39 is 0 Å². The quantitative estimate of drug-likeness (QED) is 0.768. The lowest BCUT2D eigenvalue weighted by atomic mass is 10.3. The van der Waals surface area contributed by atoms with Crippen molar-refractivity contribution in [3.05, 3.63) is 12.3 Å². The van der Waals surface area contributed by atoms with Crippen molar-refractivity contribution >= 4 is 5.95 Å². The molecule has 1 rings (SSSR count). The van der Waals surface area contributed by atoms with Gasteiger partial charge in [-0.05, 0) is 13.3 Å². The molecule has 1 heterocycles. The predicted molar refractivity (Wildman–Crippen MR) is 52.0 cm³/mol. The summed E-state index contributed by atoms with van der Waals surface area (Å²) in [5, 5.41) is 3.16. The van der Waals surface area contributed by atoms with E-state index in [4.69, 9.17) is 4.74 Å². The SMILES string of the molecule is CCC(C)Nc1nccc(OC)n1. The van der Waals surface area contributed by atoms with Gasteiger partial charge in [0.05, 0.1) is 7.11 Å². The Morgan fingerprint density at radius 3 is 3.00 bits per heavy atom. The molecule has 0 saturated carbocycles. The van der Waals surface area contributed by atoms with Crippen molar-refractivity contribution < 1.29 is 4.74 Å². The zero-order valence-electron chi connectivity index (χ0n) is 8.24. The van der Waals surface area contributed by atoms with E-state index in [1.807, 2.05) is 0 Å². The first kappa shape index (κ1) is 9.77. The summed E-state index contributed by atoms with van der Waals surface area (Å²) in [4.78, 5) is 8.21. The molecule has 13 heavy (non-hydrogen) atoms. The first-order chi connectivity index (χ1) is 6.26. The second-order valence-electron chi connectivity index (χ2n) is 2.88. The van der Waals surface area contributed by atoms with Crippen molar-refractivity contribution in [3.8, 4) is 5.88 Å². The molecule has 0 saturated heterocycles. The van der Waals surface area contributed by atoms with Gasteiger partial charge >= 0.3 is 0 Å². The zero-order valence-corrected chi connectivity index (χ0v) is 8.24. The van der Waals surface area contributed by atoms with Crippen LogP contribution in [-0.4, -0.2) is 23.1 Å². The molecule has 0 fully saturated rings. The van der Waals surface area contributed by atoms with Crippen molar-refractivity contribution in [2.45, 2.75) is 26.3 Å². The molecule has 1 atom stereocenters. The molecule has 0 radical (unpaired) electrons. The van der Waals surface area contributed by atoms with Gasteiger partial charge < -0.3 is 10.1 Å². The van der Waals surface area contributed by atoms with Crippen LogP contribution in [0.5, 0.6) is 5.88 Å². The molecule has 72 valence electrons. The molecule has 1 aromatic rings. The molecule has 1 unspecified atom stereocenters.